The van der Waals surface area contributed by atoms with Crippen LogP contribution in [-0.2, 0) is 4.79 Å². The molecular weight excluding hydrogens is 495 g/mol. The topological polar surface area (TPSA) is 79.0 Å². The van der Waals surface area contributed by atoms with Crippen molar-refractivity contribution in [3.8, 4) is 5.75 Å². The van der Waals surface area contributed by atoms with Crippen LogP contribution in [0.25, 0.3) is 5.57 Å². The van der Waals surface area contributed by atoms with Crippen molar-refractivity contribution in [2.45, 2.75) is 103 Å². The number of carbonyl (C=O) groups excluding carboxylic acids is 1. The van der Waals surface area contributed by atoms with Crippen LogP contribution >= 0.6 is 0 Å². The van der Waals surface area contributed by atoms with Crippen molar-refractivity contribution in [1.29, 1.82) is 0 Å². The summed E-state index contributed by atoms with van der Waals surface area (Å²) in [5.41, 5.74) is 3.07. The number of halogens is 3. The van der Waals surface area contributed by atoms with Gasteiger partial charge in [-0.15, -0.1) is 0 Å². The molecule has 2 aliphatic heterocycles. The van der Waals surface area contributed by atoms with Gasteiger partial charge < -0.3 is 19.9 Å². The molecule has 0 radical (unpaired) electrons. The maximum Gasteiger partial charge on any atom is 0.430 e. The van der Waals surface area contributed by atoms with E-state index in [9.17, 15) is 18.3 Å². The van der Waals surface area contributed by atoms with Crippen LogP contribution in [0.1, 0.15) is 97.3 Å². The predicted molar refractivity (Wildman–Crippen MR) is 146 cm³/mol. The van der Waals surface area contributed by atoms with E-state index in [1.165, 1.54) is 88.0 Å². The lowest BCUT2D eigenvalue weighted by atomic mass is 10.0. The molecule has 2 heterocycles. The number of unbranched alkanes of at least 4 members (excludes halogenated alkanes) is 10. The lowest BCUT2D eigenvalue weighted by molar-refractivity contribution is -0.344. The van der Waals surface area contributed by atoms with Crippen LogP contribution < -0.4 is 25.2 Å². The summed E-state index contributed by atoms with van der Waals surface area (Å²) >= 11 is 0. The average molecular weight is 540 g/mol. The molecule has 214 valence electrons. The number of hydrogen-bond acceptors (Lipinski definition) is 5. The van der Waals surface area contributed by atoms with Gasteiger partial charge in [-0.2, -0.15) is 13.2 Å². The average Bonchev–Trinajstić information content (AvgIpc) is 3.31. The molecule has 38 heavy (non-hydrogen) atoms. The van der Waals surface area contributed by atoms with Crippen LogP contribution in [0.4, 0.5) is 24.5 Å². The van der Waals surface area contributed by atoms with E-state index in [-0.39, 0.29) is 0 Å². The van der Waals surface area contributed by atoms with Gasteiger partial charge in [0.1, 0.15) is 25.2 Å². The van der Waals surface area contributed by atoms with E-state index in [4.69, 9.17) is 9.90 Å². The van der Waals surface area contributed by atoms with Crippen molar-refractivity contribution in [2.75, 3.05) is 31.6 Å². The van der Waals surface area contributed by atoms with E-state index >= 15 is 0 Å². The molecule has 0 atom stereocenters. The van der Waals surface area contributed by atoms with E-state index in [0.717, 1.165) is 42.6 Å². The zero-order valence-electron chi connectivity index (χ0n) is 23.2. The fourth-order valence-electron chi connectivity index (χ4n) is 4.94. The number of aliphatic carboxylic acids is 1. The van der Waals surface area contributed by atoms with Crippen LogP contribution in [0.2, 0.25) is 0 Å². The quantitative estimate of drug-likeness (QED) is 0.261. The van der Waals surface area contributed by atoms with Gasteiger partial charge in [0, 0.05) is 31.8 Å². The first kappa shape index (κ1) is 31.6. The van der Waals surface area contributed by atoms with Crippen LogP contribution in [-0.4, -0.2) is 50.1 Å². The molecule has 1 N–H and O–H groups in total. The number of aromatic hydroxyl groups is 1. The van der Waals surface area contributed by atoms with Gasteiger partial charge in [-0.3, -0.25) is 4.99 Å². The highest BCUT2D eigenvalue weighted by molar-refractivity contribution is 6.08. The number of anilines is 1. The monoisotopic (exact) mass is 539 g/mol. The first-order chi connectivity index (χ1) is 18.1. The summed E-state index contributed by atoms with van der Waals surface area (Å²) in [5.74, 6) is -2.62. The molecule has 0 saturated carbocycles. The largest absolute Gasteiger partial charge is 0.542 e. The molecule has 0 spiro atoms. The third-order valence-electron chi connectivity index (χ3n) is 7.17. The minimum Gasteiger partial charge on any atom is -0.542 e. The van der Waals surface area contributed by atoms with E-state index in [2.05, 4.69) is 41.4 Å². The number of carbonyl (C=O) groups is 1. The first-order valence-corrected chi connectivity index (χ1v) is 14.2. The number of alkyl halides is 3. The van der Waals surface area contributed by atoms with Crippen LogP contribution in [0.15, 0.2) is 11.1 Å². The smallest absolute Gasteiger partial charge is 0.430 e. The normalized spacial score (nSPS) is 13.8. The second kappa shape index (κ2) is 15.7. The molecule has 0 fully saturated rings. The Labute approximate surface area is 224 Å². The van der Waals surface area contributed by atoms with Crippen molar-refractivity contribution in [2.24, 2.45) is 4.99 Å². The molecule has 0 aromatic heterocycles. The number of phenols is 1. The third-order valence-corrected chi connectivity index (χ3v) is 7.17. The Morgan fingerprint density at radius 3 is 2.00 bits per heavy atom. The summed E-state index contributed by atoms with van der Waals surface area (Å²) < 4.78 is 33.9. The summed E-state index contributed by atoms with van der Waals surface area (Å²) in [6.45, 7) is 7.61. The molecule has 0 amide bonds. The number of hydrogen-bond donors (Lipinski definition) is 1. The number of aliphatic imine (C=N–C) groups is 1. The number of phenolic OH excluding ortho intramolecular Hbond substituents is 1. The number of rotatable bonds is 15. The fourth-order valence-corrected chi connectivity index (χ4v) is 4.94. The van der Waals surface area contributed by atoms with E-state index in [1.54, 1.807) is 0 Å². The highest BCUT2D eigenvalue weighted by atomic mass is 19.4. The summed E-state index contributed by atoms with van der Waals surface area (Å²) in [7, 11) is 2.16. The number of benzene rings is 1. The minimum absolute atomic E-state index is 0.386. The molecule has 9 heteroatoms. The predicted octanol–water partition coefficient (Wildman–Crippen LogP) is 4.61. The van der Waals surface area contributed by atoms with E-state index in [1.807, 2.05) is 6.21 Å². The number of nitrogens with zero attached hydrogens (tertiary/aromatic N) is 3. The molecule has 0 aliphatic carbocycles. The van der Waals surface area contributed by atoms with Crippen LogP contribution in [0.5, 0.6) is 5.75 Å². The fraction of sp³-hybridized carbons (Fsp3) is 0.690. The minimum atomic E-state index is -5.19. The van der Waals surface area contributed by atoms with Crippen molar-refractivity contribution in [3.63, 3.8) is 0 Å². The van der Waals surface area contributed by atoms with Gasteiger partial charge in [0.15, 0.2) is 5.75 Å². The molecular formula is C29H44F3N3O3. The molecule has 0 bridgehead atoms. The summed E-state index contributed by atoms with van der Waals surface area (Å²) in [6, 6.07) is 2.23. The Morgan fingerprint density at radius 1 is 1.00 bits per heavy atom. The lowest BCUT2D eigenvalue weighted by Gasteiger charge is -2.26. The highest BCUT2D eigenvalue weighted by Crippen LogP contribution is 2.35. The molecule has 0 saturated heterocycles. The summed E-state index contributed by atoms with van der Waals surface area (Å²) in [4.78, 5) is 15.9. The Kier molecular flexibility index (Phi) is 13.1. The van der Waals surface area contributed by atoms with Gasteiger partial charge in [-0.25, -0.2) is 4.58 Å². The van der Waals surface area contributed by atoms with Gasteiger partial charge >= 0.3 is 6.18 Å². The third kappa shape index (κ3) is 9.31. The first-order valence-electron chi connectivity index (χ1n) is 14.2. The van der Waals surface area contributed by atoms with Crippen molar-refractivity contribution >= 4 is 29.1 Å². The molecule has 6 nitrogen and oxygen atoms in total. The Hall–Kier alpha value is -2.58. The van der Waals surface area contributed by atoms with Crippen LogP contribution in [0, 0.1) is 0 Å². The SMILES string of the molecule is CCCCCCCCN(CCCCCCCC)c1cc2c3c(c1O)N=CC=3CC[N+]=2C.O=C([O-])C(F)(F)F. The standard InChI is InChI=1S/C27H43N3O.C2HF3O2/c1-4-6-8-10-12-14-17-30(18-15-13-11-9-7-5-2)24-20-23-25-22(16-19-29(23)3)21-28-26(25)27(24)31;3-2(4,5)1(6)7/h20-21H,4-19H2,1-3H3;(H,6,7). The van der Waals surface area contributed by atoms with Crippen molar-refractivity contribution < 1.29 is 28.2 Å². The molecule has 1 aromatic rings. The molecule has 2 aliphatic rings. The number of carboxylic acids is 1. The second-order valence-electron chi connectivity index (χ2n) is 10.2. The summed E-state index contributed by atoms with van der Waals surface area (Å²) in [5, 5.41) is 22.4. The second-order valence-corrected chi connectivity index (χ2v) is 10.2. The van der Waals surface area contributed by atoms with Crippen molar-refractivity contribution in [3.05, 3.63) is 16.6 Å². The zero-order valence-corrected chi connectivity index (χ0v) is 23.2. The highest BCUT2D eigenvalue weighted by Gasteiger charge is 2.29. The van der Waals surface area contributed by atoms with E-state index in [0.29, 0.717) is 5.75 Å². The maximum absolute atomic E-state index is 11.2. The maximum atomic E-state index is 11.2. The van der Waals surface area contributed by atoms with Crippen molar-refractivity contribution in [1.82, 2.24) is 4.58 Å². The Bertz CT molecular complexity index is 1050. The van der Waals surface area contributed by atoms with E-state index < -0.39 is 12.1 Å². The summed E-state index contributed by atoms with van der Waals surface area (Å²) in [6.07, 6.45) is 13.4. The van der Waals surface area contributed by atoms with Gasteiger partial charge in [0.2, 0.25) is 5.36 Å². The van der Waals surface area contributed by atoms with Gasteiger partial charge in [0.05, 0.1) is 10.9 Å². The molecule has 3 rings (SSSR count). The lowest BCUT2D eigenvalue weighted by Crippen LogP contribution is -2.43. The van der Waals surface area contributed by atoms with Gasteiger partial charge in [-0.05, 0) is 18.4 Å². The molecule has 0 unspecified atom stereocenters. The Morgan fingerprint density at radius 2 is 1.50 bits per heavy atom. The van der Waals surface area contributed by atoms with Crippen LogP contribution in [0.3, 0.4) is 0 Å². The Balaban J connectivity index is 0.000000638. The van der Waals surface area contributed by atoms with Gasteiger partial charge in [-0.1, -0.05) is 78.1 Å². The molecule has 1 aromatic carbocycles. The zero-order chi connectivity index (χ0) is 28.1. The number of carboxylic acid groups (broad SMARTS) is 1. The van der Waals surface area contributed by atoms with Gasteiger partial charge in [0.25, 0.3) is 0 Å².